The Kier molecular flexibility index (Phi) is 4.49. The molecule has 1 aliphatic carbocycles. The molecular weight excluding hydrogens is 330 g/mol. The minimum absolute atomic E-state index is 0.102. The van der Waals surface area contributed by atoms with E-state index in [1.807, 2.05) is 29.2 Å². The number of hydrogen-bond acceptors (Lipinski definition) is 4. The maximum Gasteiger partial charge on any atom is 0.272 e. The van der Waals surface area contributed by atoms with Crippen LogP contribution in [0.2, 0.25) is 0 Å². The number of hydrogen-bond donors (Lipinski definition) is 0. The maximum absolute atomic E-state index is 13.0. The summed E-state index contributed by atoms with van der Waals surface area (Å²) >= 11 is 0. The summed E-state index contributed by atoms with van der Waals surface area (Å²) < 4.78 is 5.45. The molecular formula is C20H23N3O3. The van der Waals surface area contributed by atoms with Gasteiger partial charge in [0.15, 0.2) is 0 Å². The van der Waals surface area contributed by atoms with E-state index in [9.17, 15) is 9.59 Å². The van der Waals surface area contributed by atoms with Crippen molar-refractivity contribution in [3.8, 4) is 5.75 Å². The van der Waals surface area contributed by atoms with Crippen LogP contribution in [0.25, 0.3) is 10.9 Å². The molecule has 2 aromatic rings. The van der Waals surface area contributed by atoms with Crippen LogP contribution in [0.4, 0.5) is 0 Å². The van der Waals surface area contributed by atoms with E-state index in [4.69, 9.17) is 4.74 Å². The third-order valence-corrected chi connectivity index (χ3v) is 5.14. The van der Waals surface area contributed by atoms with Gasteiger partial charge < -0.3 is 14.5 Å². The standard InChI is InChI=1S/C20H23N3O3/c1-26-18-13-17(21-16-6-3-2-5-15(16)18)20(25)23-10-4-9-22(11-12-23)19(24)14-7-8-14/h2-3,5-6,13-14H,4,7-12H2,1H3. The molecule has 0 radical (unpaired) electrons. The number of methoxy groups -OCH3 is 1. The van der Waals surface area contributed by atoms with E-state index in [-0.39, 0.29) is 17.7 Å². The maximum atomic E-state index is 13.0. The van der Waals surface area contributed by atoms with Gasteiger partial charge in [0, 0.05) is 43.5 Å². The van der Waals surface area contributed by atoms with E-state index in [2.05, 4.69) is 4.98 Å². The number of ether oxygens (including phenoxy) is 1. The largest absolute Gasteiger partial charge is 0.496 e. The summed E-state index contributed by atoms with van der Waals surface area (Å²) in [6.45, 7) is 2.53. The predicted octanol–water partition coefficient (Wildman–Crippen LogP) is 2.33. The second kappa shape index (κ2) is 6.94. The Labute approximate surface area is 152 Å². The molecule has 1 aromatic heterocycles. The lowest BCUT2D eigenvalue weighted by atomic mass is 10.1. The number of aromatic nitrogens is 1. The number of amides is 2. The van der Waals surface area contributed by atoms with Crippen molar-refractivity contribution in [1.29, 1.82) is 0 Å². The summed E-state index contributed by atoms with van der Waals surface area (Å²) in [5.74, 6) is 1.03. The first-order valence-electron chi connectivity index (χ1n) is 9.19. The van der Waals surface area contributed by atoms with E-state index in [1.54, 1.807) is 18.1 Å². The van der Waals surface area contributed by atoms with Crippen molar-refractivity contribution >= 4 is 22.7 Å². The molecule has 0 bridgehead atoms. The molecule has 26 heavy (non-hydrogen) atoms. The van der Waals surface area contributed by atoms with E-state index in [0.717, 1.165) is 36.7 Å². The summed E-state index contributed by atoms with van der Waals surface area (Å²) in [5, 5.41) is 0.892. The summed E-state index contributed by atoms with van der Waals surface area (Å²) in [4.78, 5) is 33.5. The first kappa shape index (κ1) is 16.8. The van der Waals surface area contributed by atoms with Gasteiger partial charge in [-0.05, 0) is 31.4 Å². The molecule has 2 aliphatic rings. The number of rotatable bonds is 3. The summed E-state index contributed by atoms with van der Waals surface area (Å²) in [5.41, 5.74) is 1.14. The molecule has 1 saturated heterocycles. The fourth-order valence-electron chi connectivity index (χ4n) is 3.51. The second-order valence-corrected chi connectivity index (χ2v) is 6.97. The van der Waals surface area contributed by atoms with Crippen molar-refractivity contribution in [3.63, 3.8) is 0 Å². The Bertz CT molecular complexity index is 847. The third kappa shape index (κ3) is 3.23. The summed E-state index contributed by atoms with van der Waals surface area (Å²) in [6.07, 6.45) is 2.83. The molecule has 136 valence electrons. The van der Waals surface area contributed by atoms with E-state index < -0.39 is 0 Å². The van der Waals surface area contributed by atoms with Gasteiger partial charge in [0.05, 0.1) is 12.6 Å². The van der Waals surface area contributed by atoms with Gasteiger partial charge in [0.25, 0.3) is 5.91 Å². The second-order valence-electron chi connectivity index (χ2n) is 6.97. The van der Waals surface area contributed by atoms with E-state index in [0.29, 0.717) is 31.1 Å². The van der Waals surface area contributed by atoms with Crippen LogP contribution in [0.5, 0.6) is 5.75 Å². The number of carbonyl (C=O) groups is 2. The molecule has 6 nitrogen and oxygen atoms in total. The highest BCUT2D eigenvalue weighted by atomic mass is 16.5. The van der Waals surface area contributed by atoms with E-state index >= 15 is 0 Å². The van der Waals surface area contributed by atoms with Gasteiger partial charge in [-0.1, -0.05) is 12.1 Å². The number of para-hydroxylation sites is 1. The van der Waals surface area contributed by atoms with Crippen LogP contribution < -0.4 is 4.74 Å². The van der Waals surface area contributed by atoms with Crippen molar-refractivity contribution < 1.29 is 14.3 Å². The highest BCUT2D eigenvalue weighted by Crippen LogP contribution is 2.31. The molecule has 0 atom stereocenters. The Balaban J connectivity index is 1.53. The fourth-order valence-corrected chi connectivity index (χ4v) is 3.51. The lowest BCUT2D eigenvalue weighted by molar-refractivity contribution is -0.132. The van der Waals surface area contributed by atoms with Gasteiger partial charge in [0.1, 0.15) is 11.4 Å². The van der Waals surface area contributed by atoms with Crippen LogP contribution in [0, 0.1) is 5.92 Å². The zero-order chi connectivity index (χ0) is 18.1. The molecule has 2 heterocycles. The lowest BCUT2D eigenvalue weighted by Crippen LogP contribution is -2.38. The van der Waals surface area contributed by atoms with Crippen LogP contribution in [0.3, 0.4) is 0 Å². The topological polar surface area (TPSA) is 62.7 Å². The SMILES string of the molecule is COc1cc(C(=O)N2CCCN(C(=O)C3CC3)CC2)nc2ccccc12. The molecule has 6 heteroatoms. The third-order valence-electron chi connectivity index (χ3n) is 5.14. The van der Waals surface area contributed by atoms with Crippen molar-refractivity contribution in [2.75, 3.05) is 33.3 Å². The molecule has 1 saturated carbocycles. The zero-order valence-electron chi connectivity index (χ0n) is 15.0. The van der Waals surface area contributed by atoms with Crippen LogP contribution in [0.15, 0.2) is 30.3 Å². The molecule has 1 aromatic carbocycles. The lowest BCUT2D eigenvalue weighted by Gasteiger charge is -2.22. The summed E-state index contributed by atoms with van der Waals surface area (Å²) in [7, 11) is 1.60. The number of nitrogens with zero attached hydrogens (tertiary/aromatic N) is 3. The highest BCUT2D eigenvalue weighted by molar-refractivity contribution is 5.97. The average Bonchev–Trinajstić information content (AvgIpc) is 3.52. The van der Waals surface area contributed by atoms with Gasteiger partial charge in [-0.2, -0.15) is 0 Å². The van der Waals surface area contributed by atoms with Crippen molar-refractivity contribution in [1.82, 2.24) is 14.8 Å². The van der Waals surface area contributed by atoms with Gasteiger partial charge in [-0.3, -0.25) is 9.59 Å². The van der Waals surface area contributed by atoms with Gasteiger partial charge in [-0.15, -0.1) is 0 Å². The fraction of sp³-hybridized carbons (Fsp3) is 0.450. The van der Waals surface area contributed by atoms with Gasteiger partial charge in [0.2, 0.25) is 5.91 Å². The molecule has 4 rings (SSSR count). The molecule has 0 N–H and O–H groups in total. The number of benzene rings is 1. The number of pyridine rings is 1. The summed E-state index contributed by atoms with van der Waals surface area (Å²) in [6, 6.07) is 9.35. The van der Waals surface area contributed by atoms with Gasteiger partial charge in [-0.25, -0.2) is 4.98 Å². The quantitative estimate of drug-likeness (QED) is 0.850. The van der Waals surface area contributed by atoms with Crippen LogP contribution >= 0.6 is 0 Å². The van der Waals surface area contributed by atoms with Crippen molar-refractivity contribution in [2.45, 2.75) is 19.3 Å². The normalized spacial score (nSPS) is 17.9. The van der Waals surface area contributed by atoms with Crippen molar-refractivity contribution in [2.24, 2.45) is 5.92 Å². The minimum Gasteiger partial charge on any atom is -0.496 e. The zero-order valence-corrected chi connectivity index (χ0v) is 15.0. The monoisotopic (exact) mass is 353 g/mol. The van der Waals surface area contributed by atoms with Crippen LogP contribution in [-0.2, 0) is 4.79 Å². The highest BCUT2D eigenvalue weighted by Gasteiger charge is 2.34. The number of carbonyl (C=O) groups excluding carboxylic acids is 2. The molecule has 0 spiro atoms. The molecule has 2 amide bonds. The first-order chi connectivity index (χ1) is 12.7. The average molecular weight is 353 g/mol. The van der Waals surface area contributed by atoms with E-state index in [1.165, 1.54) is 0 Å². The van der Waals surface area contributed by atoms with Crippen LogP contribution in [0.1, 0.15) is 29.8 Å². The van der Waals surface area contributed by atoms with Crippen LogP contribution in [-0.4, -0.2) is 59.9 Å². The minimum atomic E-state index is -0.102. The molecule has 1 aliphatic heterocycles. The van der Waals surface area contributed by atoms with Gasteiger partial charge >= 0.3 is 0 Å². The smallest absolute Gasteiger partial charge is 0.272 e. The molecule has 2 fully saturated rings. The van der Waals surface area contributed by atoms with Crippen molar-refractivity contribution in [3.05, 3.63) is 36.0 Å². The Morgan fingerprint density at radius 2 is 1.81 bits per heavy atom. The Hall–Kier alpha value is -2.63. The first-order valence-corrected chi connectivity index (χ1v) is 9.19. The predicted molar refractivity (Wildman–Crippen MR) is 98.1 cm³/mol. The molecule has 0 unspecified atom stereocenters. The Morgan fingerprint density at radius 3 is 2.58 bits per heavy atom. The number of fused-ring (bicyclic) bond motifs is 1. The Morgan fingerprint density at radius 1 is 1.08 bits per heavy atom.